The molecule has 2 aliphatic heterocycles. The Hall–Kier alpha value is -0.900. The minimum Gasteiger partial charge on any atom is -0.301 e. The highest BCUT2D eigenvalue weighted by Crippen LogP contribution is 2.23. The molecule has 3 heterocycles. The lowest BCUT2D eigenvalue weighted by Crippen LogP contribution is -2.28. The summed E-state index contributed by atoms with van der Waals surface area (Å²) in [5.41, 5.74) is 0. The molecule has 0 N–H and O–H groups in total. The number of aromatic nitrogens is 3. The molecule has 0 aromatic carbocycles. The van der Waals surface area contributed by atoms with Gasteiger partial charge < -0.3 is 4.90 Å². The lowest BCUT2D eigenvalue weighted by molar-refractivity contribution is 0.264. The predicted octanol–water partition coefficient (Wildman–Crippen LogP) is 2.13. The molecular formula is C15H26N4. The van der Waals surface area contributed by atoms with E-state index >= 15 is 0 Å². The van der Waals surface area contributed by atoms with Crippen LogP contribution in [0.5, 0.6) is 0 Å². The van der Waals surface area contributed by atoms with Crippen molar-refractivity contribution in [2.75, 3.05) is 13.1 Å². The molecule has 2 aliphatic rings. The van der Waals surface area contributed by atoms with E-state index in [1.807, 2.05) is 0 Å². The highest BCUT2D eigenvalue weighted by molar-refractivity contribution is 4.99. The van der Waals surface area contributed by atoms with Crippen LogP contribution in [0.2, 0.25) is 0 Å². The van der Waals surface area contributed by atoms with Crippen LogP contribution in [-0.4, -0.2) is 38.8 Å². The maximum absolute atomic E-state index is 4.77. The first-order valence-electron chi connectivity index (χ1n) is 7.78. The van der Waals surface area contributed by atoms with Crippen LogP contribution in [0.1, 0.15) is 45.3 Å². The van der Waals surface area contributed by atoms with Crippen molar-refractivity contribution < 1.29 is 0 Å². The van der Waals surface area contributed by atoms with E-state index in [2.05, 4.69) is 30.4 Å². The standard InChI is InChI=1S/C15H26N4/c1-11(2)18-6-5-13(10-18)9-14-16-15-8-12(3)4-7-19(15)17-14/h11-13H,4-10H2,1-3H3. The zero-order valence-electron chi connectivity index (χ0n) is 12.5. The van der Waals surface area contributed by atoms with Crippen LogP contribution in [0.15, 0.2) is 0 Å². The highest BCUT2D eigenvalue weighted by atomic mass is 15.4. The van der Waals surface area contributed by atoms with Crippen LogP contribution in [0.4, 0.5) is 0 Å². The van der Waals surface area contributed by atoms with Crippen molar-refractivity contribution in [3.05, 3.63) is 11.6 Å². The van der Waals surface area contributed by atoms with E-state index in [1.54, 1.807) is 0 Å². The molecule has 19 heavy (non-hydrogen) atoms. The molecule has 1 aromatic heterocycles. The first kappa shape index (κ1) is 13.1. The molecule has 1 fully saturated rings. The Morgan fingerprint density at radius 1 is 1.26 bits per heavy atom. The van der Waals surface area contributed by atoms with E-state index in [9.17, 15) is 0 Å². The summed E-state index contributed by atoms with van der Waals surface area (Å²) in [6.07, 6.45) is 4.73. The summed E-state index contributed by atoms with van der Waals surface area (Å²) in [6, 6.07) is 0.675. The minimum atomic E-state index is 0.675. The summed E-state index contributed by atoms with van der Waals surface area (Å²) in [7, 11) is 0. The van der Waals surface area contributed by atoms with Crippen molar-refractivity contribution >= 4 is 0 Å². The van der Waals surface area contributed by atoms with Gasteiger partial charge in [0.2, 0.25) is 0 Å². The Labute approximate surface area is 116 Å². The molecule has 3 rings (SSSR count). The van der Waals surface area contributed by atoms with Crippen LogP contribution in [0.3, 0.4) is 0 Å². The summed E-state index contributed by atoms with van der Waals surface area (Å²) < 4.78 is 2.14. The van der Waals surface area contributed by atoms with E-state index in [0.29, 0.717) is 6.04 Å². The van der Waals surface area contributed by atoms with Crippen molar-refractivity contribution in [1.82, 2.24) is 19.7 Å². The van der Waals surface area contributed by atoms with Gasteiger partial charge >= 0.3 is 0 Å². The topological polar surface area (TPSA) is 34.0 Å². The average Bonchev–Trinajstić information content (AvgIpc) is 2.95. The Bertz CT molecular complexity index is 437. The van der Waals surface area contributed by atoms with E-state index in [4.69, 9.17) is 10.1 Å². The Kier molecular flexibility index (Phi) is 3.61. The van der Waals surface area contributed by atoms with Crippen LogP contribution in [0, 0.1) is 11.8 Å². The van der Waals surface area contributed by atoms with Gasteiger partial charge in [0.1, 0.15) is 5.82 Å². The van der Waals surface area contributed by atoms with Gasteiger partial charge in [-0.15, -0.1) is 0 Å². The first-order valence-corrected chi connectivity index (χ1v) is 7.78. The summed E-state index contributed by atoms with van der Waals surface area (Å²) in [5.74, 6) is 3.82. The number of fused-ring (bicyclic) bond motifs is 1. The largest absolute Gasteiger partial charge is 0.301 e. The summed E-state index contributed by atoms with van der Waals surface area (Å²) in [4.78, 5) is 7.34. The van der Waals surface area contributed by atoms with Crippen molar-refractivity contribution in [3.63, 3.8) is 0 Å². The predicted molar refractivity (Wildman–Crippen MR) is 76.0 cm³/mol. The molecule has 2 unspecified atom stereocenters. The van der Waals surface area contributed by atoms with Crippen molar-refractivity contribution in [2.24, 2.45) is 11.8 Å². The zero-order valence-corrected chi connectivity index (χ0v) is 12.5. The van der Waals surface area contributed by atoms with Crippen LogP contribution in [-0.2, 0) is 19.4 Å². The SMILES string of the molecule is CC1CCn2nc(CC3CCN(C(C)C)C3)nc2C1. The van der Waals surface area contributed by atoms with Gasteiger partial charge in [-0.1, -0.05) is 6.92 Å². The van der Waals surface area contributed by atoms with Crippen molar-refractivity contribution in [2.45, 2.75) is 59.0 Å². The summed E-state index contributed by atoms with van der Waals surface area (Å²) in [6.45, 7) is 10.4. The number of nitrogens with zero attached hydrogens (tertiary/aromatic N) is 4. The van der Waals surface area contributed by atoms with Gasteiger partial charge in [-0.05, 0) is 45.1 Å². The molecule has 2 atom stereocenters. The fraction of sp³-hybridized carbons (Fsp3) is 0.867. The van der Waals surface area contributed by atoms with E-state index in [0.717, 1.165) is 37.0 Å². The Balaban J connectivity index is 1.62. The maximum Gasteiger partial charge on any atom is 0.151 e. The van der Waals surface area contributed by atoms with Gasteiger partial charge in [0.05, 0.1) is 0 Å². The quantitative estimate of drug-likeness (QED) is 0.837. The van der Waals surface area contributed by atoms with E-state index in [-0.39, 0.29) is 0 Å². The second-order valence-corrected chi connectivity index (χ2v) is 6.71. The average molecular weight is 262 g/mol. The zero-order chi connectivity index (χ0) is 13.4. The molecule has 1 saturated heterocycles. The first-order chi connectivity index (χ1) is 9.11. The van der Waals surface area contributed by atoms with Gasteiger partial charge in [0.15, 0.2) is 5.82 Å². The third-order valence-electron chi connectivity index (χ3n) is 4.68. The molecule has 0 spiro atoms. The molecule has 1 aromatic rings. The Morgan fingerprint density at radius 2 is 2.11 bits per heavy atom. The third-order valence-corrected chi connectivity index (χ3v) is 4.68. The summed E-state index contributed by atoms with van der Waals surface area (Å²) >= 11 is 0. The molecule has 4 heteroatoms. The monoisotopic (exact) mass is 262 g/mol. The van der Waals surface area contributed by atoms with E-state index in [1.165, 1.54) is 31.8 Å². The molecule has 0 bridgehead atoms. The second-order valence-electron chi connectivity index (χ2n) is 6.71. The van der Waals surface area contributed by atoms with Crippen LogP contribution in [0.25, 0.3) is 0 Å². The van der Waals surface area contributed by atoms with Gasteiger partial charge in [-0.2, -0.15) is 5.10 Å². The number of likely N-dealkylation sites (tertiary alicyclic amines) is 1. The molecule has 0 amide bonds. The molecule has 106 valence electrons. The molecule has 0 radical (unpaired) electrons. The fourth-order valence-electron chi connectivity index (χ4n) is 3.36. The van der Waals surface area contributed by atoms with Gasteiger partial charge in [-0.3, -0.25) is 0 Å². The number of hydrogen-bond donors (Lipinski definition) is 0. The van der Waals surface area contributed by atoms with Crippen LogP contribution >= 0.6 is 0 Å². The lowest BCUT2D eigenvalue weighted by Gasteiger charge is -2.19. The third kappa shape index (κ3) is 2.83. The van der Waals surface area contributed by atoms with Crippen LogP contribution < -0.4 is 0 Å². The molecule has 0 aliphatic carbocycles. The van der Waals surface area contributed by atoms with Crippen molar-refractivity contribution in [3.8, 4) is 0 Å². The minimum absolute atomic E-state index is 0.675. The molecular weight excluding hydrogens is 236 g/mol. The van der Waals surface area contributed by atoms with E-state index < -0.39 is 0 Å². The molecule has 0 saturated carbocycles. The van der Waals surface area contributed by atoms with Gasteiger partial charge in [0, 0.05) is 32.0 Å². The number of hydrogen-bond acceptors (Lipinski definition) is 3. The normalized spacial score (nSPS) is 28.0. The summed E-state index contributed by atoms with van der Waals surface area (Å²) in [5, 5.41) is 4.71. The Morgan fingerprint density at radius 3 is 2.84 bits per heavy atom. The van der Waals surface area contributed by atoms with Gasteiger partial charge in [0.25, 0.3) is 0 Å². The smallest absolute Gasteiger partial charge is 0.151 e. The van der Waals surface area contributed by atoms with Crippen molar-refractivity contribution in [1.29, 1.82) is 0 Å². The second kappa shape index (κ2) is 5.23. The number of rotatable bonds is 3. The molecule has 4 nitrogen and oxygen atoms in total. The highest BCUT2D eigenvalue weighted by Gasteiger charge is 2.26. The number of aryl methyl sites for hydroxylation is 1. The fourth-order valence-corrected chi connectivity index (χ4v) is 3.36. The maximum atomic E-state index is 4.77. The van der Waals surface area contributed by atoms with Gasteiger partial charge in [-0.25, -0.2) is 9.67 Å². The lowest BCUT2D eigenvalue weighted by atomic mass is 10.0.